The summed E-state index contributed by atoms with van der Waals surface area (Å²) in [5.41, 5.74) is 1.26. The molecule has 0 bridgehead atoms. The van der Waals surface area contributed by atoms with Gasteiger partial charge in [0.25, 0.3) is 5.91 Å². The molecule has 1 fully saturated rings. The first-order valence-electron chi connectivity index (χ1n) is 9.49. The first kappa shape index (κ1) is 23.0. The van der Waals surface area contributed by atoms with E-state index in [4.69, 9.17) is 12.2 Å². The van der Waals surface area contributed by atoms with Crippen LogP contribution in [0.5, 0.6) is 0 Å². The number of alkyl halides is 3. The molecule has 1 saturated heterocycles. The average molecular weight is 465 g/mol. The summed E-state index contributed by atoms with van der Waals surface area (Å²) in [6, 6.07) is 12.2. The van der Waals surface area contributed by atoms with Crippen LogP contribution >= 0.6 is 24.0 Å². The molecule has 3 rings (SSSR count). The van der Waals surface area contributed by atoms with Crippen molar-refractivity contribution in [2.75, 3.05) is 11.9 Å². The molecule has 0 unspecified atom stereocenters. The fourth-order valence-electron chi connectivity index (χ4n) is 2.90. The van der Waals surface area contributed by atoms with Crippen molar-refractivity contribution in [1.29, 1.82) is 0 Å². The number of anilines is 1. The SMILES string of the molecule is CCc1ccc(/C=C2\SC(=S)N(CCC(=O)Nc3cccc(C(F)(F)F)c3)C2=O)cc1. The summed E-state index contributed by atoms with van der Waals surface area (Å²) in [5, 5.41) is 2.43. The van der Waals surface area contributed by atoms with Gasteiger partial charge in [-0.05, 0) is 41.8 Å². The number of aryl methyl sites for hydroxylation is 1. The number of carbonyl (C=O) groups excluding carboxylic acids is 2. The lowest BCUT2D eigenvalue weighted by molar-refractivity contribution is -0.137. The summed E-state index contributed by atoms with van der Waals surface area (Å²) >= 11 is 6.42. The fraction of sp³-hybridized carbons (Fsp3) is 0.227. The van der Waals surface area contributed by atoms with E-state index in [1.807, 2.05) is 24.3 Å². The van der Waals surface area contributed by atoms with Crippen LogP contribution in [0.3, 0.4) is 0 Å². The summed E-state index contributed by atoms with van der Waals surface area (Å²) in [7, 11) is 0. The van der Waals surface area contributed by atoms with E-state index in [9.17, 15) is 22.8 Å². The maximum Gasteiger partial charge on any atom is 0.416 e. The quantitative estimate of drug-likeness (QED) is 0.453. The number of thioether (sulfide) groups is 1. The summed E-state index contributed by atoms with van der Waals surface area (Å²) < 4.78 is 38.7. The number of hydrogen-bond donors (Lipinski definition) is 1. The highest BCUT2D eigenvalue weighted by Crippen LogP contribution is 2.33. The summed E-state index contributed by atoms with van der Waals surface area (Å²) in [6.45, 7) is 2.10. The van der Waals surface area contributed by atoms with Gasteiger partial charge in [-0.3, -0.25) is 14.5 Å². The zero-order valence-electron chi connectivity index (χ0n) is 16.5. The Hall–Kier alpha value is -2.65. The largest absolute Gasteiger partial charge is 0.416 e. The Labute approximate surface area is 187 Å². The third-order valence-corrected chi connectivity index (χ3v) is 5.97. The van der Waals surface area contributed by atoms with Gasteiger partial charge in [0.15, 0.2) is 0 Å². The molecule has 0 atom stereocenters. The molecule has 1 aliphatic rings. The zero-order valence-corrected chi connectivity index (χ0v) is 18.2. The van der Waals surface area contributed by atoms with Gasteiger partial charge in [-0.15, -0.1) is 0 Å². The number of amides is 2. The lowest BCUT2D eigenvalue weighted by atomic mass is 10.1. The van der Waals surface area contributed by atoms with E-state index in [0.717, 1.165) is 35.9 Å². The zero-order chi connectivity index (χ0) is 22.6. The van der Waals surface area contributed by atoms with Crippen molar-refractivity contribution in [3.63, 3.8) is 0 Å². The molecular weight excluding hydrogens is 445 g/mol. The summed E-state index contributed by atoms with van der Waals surface area (Å²) in [5.74, 6) is -0.797. The molecule has 1 heterocycles. The Morgan fingerprint density at radius 1 is 1.19 bits per heavy atom. The van der Waals surface area contributed by atoms with Gasteiger partial charge >= 0.3 is 6.18 Å². The van der Waals surface area contributed by atoms with Gasteiger partial charge in [0.1, 0.15) is 4.32 Å². The van der Waals surface area contributed by atoms with Gasteiger partial charge in [0.05, 0.1) is 10.5 Å². The minimum absolute atomic E-state index is 0.0423. The number of hydrogen-bond acceptors (Lipinski definition) is 4. The number of thiocarbonyl (C=S) groups is 1. The summed E-state index contributed by atoms with van der Waals surface area (Å²) in [6.07, 6.45) is -1.92. The monoisotopic (exact) mass is 464 g/mol. The number of carbonyl (C=O) groups is 2. The molecule has 2 amide bonds. The second-order valence-corrected chi connectivity index (χ2v) is 8.48. The van der Waals surface area contributed by atoms with Gasteiger partial charge in [-0.1, -0.05) is 61.2 Å². The van der Waals surface area contributed by atoms with Crippen molar-refractivity contribution in [1.82, 2.24) is 4.90 Å². The van der Waals surface area contributed by atoms with Gasteiger partial charge in [0.2, 0.25) is 5.91 Å². The van der Waals surface area contributed by atoms with Crippen LogP contribution in [0.2, 0.25) is 0 Å². The van der Waals surface area contributed by atoms with E-state index < -0.39 is 17.6 Å². The Morgan fingerprint density at radius 2 is 1.90 bits per heavy atom. The Morgan fingerprint density at radius 3 is 2.55 bits per heavy atom. The molecule has 162 valence electrons. The highest BCUT2D eigenvalue weighted by Gasteiger charge is 2.32. The molecule has 31 heavy (non-hydrogen) atoms. The smallest absolute Gasteiger partial charge is 0.326 e. The van der Waals surface area contributed by atoms with Crippen molar-refractivity contribution >= 4 is 51.9 Å². The molecule has 2 aromatic rings. The molecule has 1 N–H and O–H groups in total. The molecule has 0 aromatic heterocycles. The molecule has 2 aromatic carbocycles. The molecule has 0 saturated carbocycles. The number of halogens is 3. The van der Waals surface area contributed by atoms with Crippen molar-refractivity contribution in [3.8, 4) is 0 Å². The third kappa shape index (κ3) is 5.95. The number of nitrogens with one attached hydrogen (secondary N) is 1. The fourth-order valence-corrected chi connectivity index (χ4v) is 4.21. The van der Waals surface area contributed by atoms with Crippen molar-refractivity contribution in [2.45, 2.75) is 25.9 Å². The van der Waals surface area contributed by atoms with Gasteiger partial charge < -0.3 is 5.32 Å². The van der Waals surface area contributed by atoms with Crippen molar-refractivity contribution in [2.24, 2.45) is 0 Å². The number of benzene rings is 2. The topological polar surface area (TPSA) is 49.4 Å². The van der Waals surface area contributed by atoms with Crippen LogP contribution in [0, 0.1) is 0 Å². The number of nitrogens with zero attached hydrogens (tertiary/aromatic N) is 1. The highest BCUT2D eigenvalue weighted by molar-refractivity contribution is 8.26. The molecule has 1 aliphatic heterocycles. The molecule has 4 nitrogen and oxygen atoms in total. The van der Waals surface area contributed by atoms with E-state index in [2.05, 4.69) is 12.2 Å². The van der Waals surface area contributed by atoms with Crippen LogP contribution in [-0.2, 0) is 22.2 Å². The molecule has 0 aliphatic carbocycles. The third-order valence-electron chi connectivity index (χ3n) is 4.60. The van der Waals surface area contributed by atoms with E-state index in [1.54, 1.807) is 6.08 Å². The van der Waals surface area contributed by atoms with Gasteiger partial charge in [-0.2, -0.15) is 13.2 Å². The normalized spacial score (nSPS) is 15.6. The predicted octanol–water partition coefficient (Wildman–Crippen LogP) is 5.50. The maximum absolute atomic E-state index is 12.8. The van der Waals surface area contributed by atoms with E-state index in [0.29, 0.717) is 9.23 Å². The van der Waals surface area contributed by atoms with Crippen LogP contribution < -0.4 is 5.32 Å². The van der Waals surface area contributed by atoms with Crippen molar-refractivity contribution in [3.05, 3.63) is 70.1 Å². The number of rotatable bonds is 6. The van der Waals surface area contributed by atoms with Gasteiger partial charge in [0, 0.05) is 18.7 Å². The average Bonchev–Trinajstić information content (AvgIpc) is 2.99. The Kier molecular flexibility index (Phi) is 7.17. The second-order valence-electron chi connectivity index (χ2n) is 6.81. The Balaban J connectivity index is 1.60. The minimum Gasteiger partial charge on any atom is -0.326 e. The molecule has 9 heteroatoms. The van der Waals surface area contributed by atoms with E-state index in [-0.39, 0.29) is 24.6 Å². The lowest BCUT2D eigenvalue weighted by Gasteiger charge is -2.14. The van der Waals surface area contributed by atoms with Crippen LogP contribution in [0.1, 0.15) is 30.0 Å². The Bertz CT molecular complexity index is 1030. The van der Waals surface area contributed by atoms with Crippen LogP contribution in [-0.4, -0.2) is 27.6 Å². The van der Waals surface area contributed by atoms with Crippen LogP contribution in [0.25, 0.3) is 6.08 Å². The first-order chi connectivity index (χ1) is 14.7. The standard InChI is InChI=1S/C22H19F3N2O2S2/c1-2-14-6-8-15(9-7-14)12-18-20(29)27(21(30)31-18)11-10-19(28)26-17-5-3-4-16(13-17)22(23,24)25/h3-9,12-13H,2,10-11H2,1H3,(H,26,28)/b18-12-. The van der Waals surface area contributed by atoms with E-state index >= 15 is 0 Å². The van der Waals surface area contributed by atoms with Gasteiger partial charge in [-0.25, -0.2) is 0 Å². The highest BCUT2D eigenvalue weighted by atomic mass is 32.2. The van der Waals surface area contributed by atoms with Crippen molar-refractivity contribution < 1.29 is 22.8 Å². The first-order valence-corrected chi connectivity index (χ1v) is 10.7. The lowest BCUT2D eigenvalue weighted by Crippen LogP contribution is -2.31. The maximum atomic E-state index is 12.8. The molecule has 0 spiro atoms. The van der Waals surface area contributed by atoms with E-state index in [1.165, 1.54) is 22.6 Å². The summed E-state index contributed by atoms with van der Waals surface area (Å²) in [4.78, 5) is 26.6. The van der Waals surface area contributed by atoms with Crippen LogP contribution in [0.15, 0.2) is 53.4 Å². The van der Waals surface area contributed by atoms with Crippen LogP contribution in [0.4, 0.5) is 18.9 Å². The second kappa shape index (κ2) is 9.65. The predicted molar refractivity (Wildman–Crippen MR) is 120 cm³/mol. The molecular formula is C22H19F3N2O2S2. The molecule has 0 radical (unpaired) electrons. The minimum atomic E-state index is -4.49.